The van der Waals surface area contributed by atoms with Crippen molar-refractivity contribution in [3.63, 3.8) is 0 Å². The lowest BCUT2D eigenvalue weighted by Crippen LogP contribution is -2.28. The van der Waals surface area contributed by atoms with Crippen LogP contribution in [-0.2, 0) is 14.8 Å². The highest BCUT2D eigenvalue weighted by atomic mass is 32.2. The monoisotopic (exact) mass is 467 g/mol. The predicted molar refractivity (Wildman–Crippen MR) is 126 cm³/mol. The fourth-order valence-electron chi connectivity index (χ4n) is 3.79. The van der Waals surface area contributed by atoms with Crippen LogP contribution in [0.4, 0.5) is 5.69 Å². The number of amides is 2. The smallest absolute Gasteiger partial charge is 0.251 e. The van der Waals surface area contributed by atoms with E-state index in [0.29, 0.717) is 18.7 Å². The molecule has 0 saturated carbocycles. The minimum Gasteiger partial charge on any atom is -0.506 e. The molecule has 33 heavy (non-hydrogen) atoms. The van der Waals surface area contributed by atoms with Gasteiger partial charge in [-0.05, 0) is 53.9 Å². The number of sulfonamides is 1. The zero-order valence-corrected chi connectivity index (χ0v) is 18.8. The predicted octanol–water partition coefficient (Wildman–Crippen LogP) is 3.09. The Morgan fingerprint density at radius 2 is 1.67 bits per heavy atom. The van der Waals surface area contributed by atoms with E-state index in [-0.39, 0.29) is 35.2 Å². The number of phenols is 1. The number of rotatable bonds is 7. The fraction of sp³-hybridized carbons (Fsp3) is 0.250. The zero-order chi connectivity index (χ0) is 23.4. The van der Waals surface area contributed by atoms with Gasteiger partial charge in [-0.3, -0.25) is 9.59 Å². The topological polar surface area (TPSA) is 116 Å². The molecule has 0 bridgehead atoms. The van der Waals surface area contributed by atoms with Gasteiger partial charge >= 0.3 is 0 Å². The molecule has 3 aromatic rings. The molecule has 1 heterocycles. The van der Waals surface area contributed by atoms with E-state index in [1.54, 1.807) is 12.1 Å². The van der Waals surface area contributed by atoms with Gasteiger partial charge in [-0.1, -0.05) is 30.3 Å². The maximum Gasteiger partial charge on any atom is 0.251 e. The summed E-state index contributed by atoms with van der Waals surface area (Å²) in [5.41, 5.74) is 0.507. The largest absolute Gasteiger partial charge is 0.506 e. The second kappa shape index (κ2) is 9.60. The van der Waals surface area contributed by atoms with Crippen LogP contribution in [0.1, 0.15) is 29.6 Å². The molecule has 172 valence electrons. The SMILES string of the molecule is O=C(CCNC(=O)c1ccc2ccccc2c1)Nc1cc(S(=O)(=O)N2CCCC2)ccc1O. The number of hydrogen-bond acceptors (Lipinski definition) is 5. The van der Waals surface area contributed by atoms with Crippen LogP contribution < -0.4 is 10.6 Å². The first-order valence-corrected chi connectivity index (χ1v) is 12.2. The number of benzene rings is 3. The average molecular weight is 468 g/mol. The van der Waals surface area contributed by atoms with Crippen LogP contribution in [0.3, 0.4) is 0 Å². The molecule has 8 nitrogen and oxygen atoms in total. The van der Waals surface area contributed by atoms with Crippen molar-refractivity contribution in [2.24, 2.45) is 0 Å². The maximum absolute atomic E-state index is 12.7. The van der Waals surface area contributed by atoms with E-state index in [2.05, 4.69) is 10.6 Å². The Balaban J connectivity index is 1.35. The number of nitrogens with zero attached hydrogens (tertiary/aromatic N) is 1. The number of phenolic OH excluding ortho intramolecular Hbond substituents is 1. The third-order valence-corrected chi connectivity index (χ3v) is 7.49. The lowest BCUT2D eigenvalue weighted by atomic mass is 10.1. The van der Waals surface area contributed by atoms with Crippen molar-refractivity contribution in [2.45, 2.75) is 24.2 Å². The number of carbonyl (C=O) groups is 2. The van der Waals surface area contributed by atoms with E-state index in [1.165, 1.54) is 22.5 Å². The minimum absolute atomic E-state index is 0.0149. The van der Waals surface area contributed by atoms with Crippen molar-refractivity contribution in [1.29, 1.82) is 0 Å². The summed E-state index contributed by atoms with van der Waals surface area (Å²) >= 11 is 0. The molecule has 2 amide bonds. The van der Waals surface area contributed by atoms with Gasteiger partial charge in [-0.15, -0.1) is 0 Å². The van der Waals surface area contributed by atoms with Crippen molar-refractivity contribution in [3.8, 4) is 5.75 Å². The van der Waals surface area contributed by atoms with Gasteiger partial charge in [0.1, 0.15) is 5.75 Å². The van der Waals surface area contributed by atoms with Crippen LogP contribution in [0, 0.1) is 0 Å². The maximum atomic E-state index is 12.7. The minimum atomic E-state index is -3.67. The van der Waals surface area contributed by atoms with E-state index in [0.717, 1.165) is 23.6 Å². The summed E-state index contributed by atoms with van der Waals surface area (Å²) in [6.45, 7) is 1.01. The second-order valence-corrected chi connectivity index (χ2v) is 9.84. The molecule has 0 atom stereocenters. The normalized spacial score (nSPS) is 14.3. The standard InChI is InChI=1S/C24H25N3O5S/c28-22-10-9-20(33(31,32)27-13-3-4-14-27)16-21(22)26-23(29)11-12-25-24(30)19-8-7-17-5-1-2-6-18(17)15-19/h1-2,5-10,15-16,28H,3-4,11-14H2,(H,25,30)(H,26,29). The van der Waals surface area contributed by atoms with E-state index in [9.17, 15) is 23.1 Å². The van der Waals surface area contributed by atoms with Crippen molar-refractivity contribution in [3.05, 3.63) is 66.2 Å². The number of carbonyl (C=O) groups excluding carboxylic acids is 2. The Hall–Kier alpha value is -3.43. The Labute approximate surface area is 192 Å². The summed E-state index contributed by atoms with van der Waals surface area (Å²) in [6, 6.07) is 16.9. The molecule has 1 aliphatic rings. The molecule has 3 N–H and O–H groups in total. The highest BCUT2D eigenvalue weighted by Gasteiger charge is 2.27. The summed E-state index contributed by atoms with van der Waals surface area (Å²) in [4.78, 5) is 24.8. The molecule has 1 saturated heterocycles. The van der Waals surface area contributed by atoms with Gasteiger partial charge in [-0.25, -0.2) is 8.42 Å². The van der Waals surface area contributed by atoms with Crippen LogP contribution in [0.25, 0.3) is 10.8 Å². The van der Waals surface area contributed by atoms with Crippen LogP contribution >= 0.6 is 0 Å². The fourth-order valence-corrected chi connectivity index (χ4v) is 5.33. The first-order valence-electron chi connectivity index (χ1n) is 10.7. The molecular formula is C24H25N3O5S. The van der Waals surface area contributed by atoms with E-state index in [4.69, 9.17) is 0 Å². The molecule has 0 aliphatic carbocycles. The lowest BCUT2D eigenvalue weighted by molar-refractivity contribution is -0.116. The average Bonchev–Trinajstić information content (AvgIpc) is 3.36. The third-order valence-electron chi connectivity index (χ3n) is 5.59. The van der Waals surface area contributed by atoms with Crippen molar-refractivity contribution in [2.75, 3.05) is 25.0 Å². The van der Waals surface area contributed by atoms with E-state index < -0.39 is 15.9 Å². The highest BCUT2D eigenvalue weighted by molar-refractivity contribution is 7.89. The third kappa shape index (κ3) is 5.15. The Kier molecular flexibility index (Phi) is 6.62. The van der Waals surface area contributed by atoms with Gasteiger partial charge in [0, 0.05) is 31.6 Å². The van der Waals surface area contributed by atoms with Gasteiger partial charge in [0.05, 0.1) is 10.6 Å². The molecule has 9 heteroatoms. The summed E-state index contributed by atoms with van der Waals surface area (Å²) in [5.74, 6) is -0.987. The quantitative estimate of drug-likeness (QED) is 0.462. The summed E-state index contributed by atoms with van der Waals surface area (Å²) in [7, 11) is -3.67. The van der Waals surface area contributed by atoms with Crippen LogP contribution in [0.5, 0.6) is 5.75 Å². The van der Waals surface area contributed by atoms with Gasteiger partial charge < -0.3 is 15.7 Å². The van der Waals surface area contributed by atoms with Crippen molar-refractivity contribution in [1.82, 2.24) is 9.62 Å². The molecule has 0 unspecified atom stereocenters. The van der Waals surface area contributed by atoms with Crippen molar-refractivity contribution < 1.29 is 23.1 Å². The molecule has 0 radical (unpaired) electrons. The van der Waals surface area contributed by atoms with Crippen LogP contribution in [0.15, 0.2) is 65.6 Å². The van der Waals surface area contributed by atoms with Crippen molar-refractivity contribution >= 4 is 38.3 Å². The Bertz CT molecular complexity index is 1300. The Morgan fingerprint density at radius 3 is 2.42 bits per heavy atom. The molecule has 0 spiro atoms. The first kappa shape index (κ1) is 22.8. The van der Waals surface area contributed by atoms with Crippen LogP contribution in [0.2, 0.25) is 0 Å². The molecule has 1 aliphatic heterocycles. The number of hydrogen-bond donors (Lipinski definition) is 3. The number of anilines is 1. The van der Waals surface area contributed by atoms with Crippen LogP contribution in [-0.4, -0.2) is 49.3 Å². The number of aromatic hydroxyl groups is 1. The number of fused-ring (bicyclic) bond motifs is 1. The lowest BCUT2D eigenvalue weighted by Gasteiger charge is -2.16. The number of nitrogens with one attached hydrogen (secondary N) is 2. The second-order valence-electron chi connectivity index (χ2n) is 7.91. The molecule has 1 fully saturated rings. The Morgan fingerprint density at radius 1 is 0.939 bits per heavy atom. The first-order chi connectivity index (χ1) is 15.8. The molecular weight excluding hydrogens is 442 g/mol. The summed E-state index contributed by atoms with van der Waals surface area (Å²) in [6.07, 6.45) is 1.58. The van der Waals surface area contributed by atoms with Gasteiger partial charge in [-0.2, -0.15) is 4.31 Å². The summed E-state index contributed by atoms with van der Waals surface area (Å²) in [5, 5.41) is 17.3. The molecule has 0 aromatic heterocycles. The highest BCUT2D eigenvalue weighted by Crippen LogP contribution is 2.29. The van der Waals surface area contributed by atoms with E-state index in [1.807, 2.05) is 30.3 Å². The van der Waals surface area contributed by atoms with Gasteiger partial charge in [0.2, 0.25) is 15.9 Å². The van der Waals surface area contributed by atoms with Gasteiger partial charge in [0.25, 0.3) is 5.91 Å². The van der Waals surface area contributed by atoms with E-state index >= 15 is 0 Å². The zero-order valence-electron chi connectivity index (χ0n) is 18.0. The molecule has 4 rings (SSSR count). The summed E-state index contributed by atoms with van der Waals surface area (Å²) < 4.78 is 26.9. The van der Waals surface area contributed by atoms with Gasteiger partial charge in [0.15, 0.2) is 0 Å². The molecule has 3 aromatic carbocycles.